The lowest BCUT2D eigenvalue weighted by Crippen LogP contribution is -2.33. The second kappa shape index (κ2) is 9.78. The molecular weight excluding hydrogens is 384 g/mol. The minimum absolute atomic E-state index is 0.271. The fourth-order valence-corrected chi connectivity index (χ4v) is 4.24. The number of hydrogen-bond donors (Lipinski definition) is 3. The molecule has 8 heteroatoms. The van der Waals surface area contributed by atoms with Crippen molar-refractivity contribution in [1.29, 1.82) is 0 Å². The Bertz CT molecular complexity index is 904. The summed E-state index contributed by atoms with van der Waals surface area (Å²) in [6, 6.07) is 10.3. The summed E-state index contributed by atoms with van der Waals surface area (Å²) in [7, 11) is 0. The quantitative estimate of drug-likeness (QED) is 0.465. The van der Waals surface area contributed by atoms with Gasteiger partial charge in [0.15, 0.2) is 0 Å². The van der Waals surface area contributed by atoms with Crippen LogP contribution in [0.1, 0.15) is 19.3 Å². The summed E-state index contributed by atoms with van der Waals surface area (Å²) in [4.78, 5) is 15.6. The lowest BCUT2D eigenvalue weighted by molar-refractivity contribution is 0.158. The van der Waals surface area contributed by atoms with Gasteiger partial charge in [0.05, 0.1) is 6.61 Å². The van der Waals surface area contributed by atoms with Crippen LogP contribution in [-0.4, -0.2) is 57.2 Å². The zero-order valence-electron chi connectivity index (χ0n) is 16.3. The van der Waals surface area contributed by atoms with E-state index >= 15 is 0 Å². The van der Waals surface area contributed by atoms with Gasteiger partial charge in [0, 0.05) is 48.3 Å². The number of benzene rings is 1. The summed E-state index contributed by atoms with van der Waals surface area (Å²) in [6.07, 6.45) is 6.87. The van der Waals surface area contributed by atoms with Crippen molar-refractivity contribution in [2.75, 3.05) is 36.9 Å². The average Bonchev–Trinajstić information content (AvgIpc) is 3.44. The van der Waals surface area contributed by atoms with Gasteiger partial charge < -0.3 is 15.7 Å². The van der Waals surface area contributed by atoms with Crippen LogP contribution in [0.2, 0.25) is 0 Å². The molecule has 0 radical (unpaired) electrons. The van der Waals surface area contributed by atoms with Gasteiger partial charge in [-0.15, -0.1) is 11.3 Å². The lowest BCUT2D eigenvalue weighted by atomic mass is 10.2. The molecule has 0 aliphatic carbocycles. The van der Waals surface area contributed by atoms with E-state index in [-0.39, 0.29) is 6.61 Å². The first-order valence-corrected chi connectivity index (χ1v) is 10.9. The monoisotopic (exact) mass is 410 g/mol. The third-order valence-electron chi connectivity index (χ3n) is 5.09. The van der Waals surface area contributed by atoms with Crippen LogP contribution in [0.4, 0.5) is 17.3 Å². The summed E-state index contributed by atoms with van der Waals surface area (Å²) in [5, 5.41) is 19.0. The number of likely N-dealkylation sites (tertiary alicyclic amines) is 1. The molecule has 1 saturated heterocycles. The zero-order chi connectivity index (χ0) is 19.9. The fraction of sp³-hybridized carbons (Fsp3) is 0.381. The van der Waals surface area contributed by atoms with Crippen molar-refractivity contribution in [2.45, 2.75) is 25.3 Å². The highest BCUT2D eigenvalue weighted by Crippen LogP contribution is 2.22. The molecule has 3 N–H and O–H groups in total. The number of nitrogens with one attached hydrogen (secondary N) is 2. The second-order valence-electron chi connectivity index (χ2n) is 7.10. The molecular formula is C21H26N6OS. The summed E-state index contributed by atoms with van der Waals surface area (Å²) in [6.45, 7) is 3.29. The maximum Gasteiger partial charge on any atom is 0.227 e. The molecule has 1 unspecified atom stereocenters. The Hall–Kier alpha value is -2.55. The molecule has 1 aliphatic rings. The number of hydrogen-bond acceptors (Lipinski definition) is 8. The fourth-order valence-electron chi connectivity index (χ4n) is 3.64. The highest BCUT2D eigenvalue weighted by atomic mass is 32.1. The Morgan fingerprint density at radius 2 is 2.10 bits per heavy atom. The van der Waals surface area contributed by atoms with Crippen molar-refractivity contribution >= 4 is 28.7 Å². The molecule has 2 aromatic heterocycles. The molecule has 1 fully saturated rings. The molecule has 3 aromatic rings. The molecule has 0 amide bonds. The van der Waals surface area contributed by atoms with Crippen LogP contribution in [0.3, 0.4) is 0 Å². The number of rotatable bonds is 9. The van der Waals surface area contributed by atoms with Crippen molar-refractivity contribution in [3.8, 4) is 10.7 Å². The van der Waals surface area contributed by atoms with Gasteiger partial charge in [-0.2, -0.15) is 0 Å². The first-order chi connectivity index (χ1) is 14.3. The Morgan fingerprint density at radius 3 is 2.97 bits per heavy atom. The Morgan fingerprint density at radius 1 is 1.17 bits per heavy atom. The van der Waals surface area contributed by atoms with Gasteiger partial charge in [0.2, 0.25) is 5.95 Å². The number of nitrogens with zero attached hydrogens (tertiary/aromatic N) is 4. The molecule has 4 rings (SSSR count). The SMILES string of the molecule is OCC1CCCN1CCCNc1cccc(Nc2nccc(-c3nccs3)n2)c1. The highest BCUT2D eigenvalue weighted by Gasteiger charge is 2.22. The maximum atomic E-state index is 9.42. The first kappa shape index (κ1) is 19.8. The van der Waals surface area contributed by atoms with E-state index in [9.17, 15) is 5.11 Å². The smallest absolute Gasteiger partial charge is 0.227 e. The van der Waals surface area contributed by atoms with Gasteiger partial charge in [-0.25, -0.2) is 15.0 Å². The number of aliphatic hydroxyl groups excluding tert-OH is 1. The molecule has 3 heterocycles. The van der Waals surface area contributed by atoms with Crippen molar-refractivity contribution in [1.82, 2.24) is 19.9 Å². The van der Waals surface area contributed by atoms with Crippen LogP contribution in [-0.2, 0) is 0 Å². The van der Waals surface area contributed by atoms with E-state index < -0.39 is 0 Å². The number of aromatic nitrogens is 3. The summed E-state index contributed by atoms with van der Waals surface area (Å²) in [5.74, 6) is 0.555. The Balaban J connectivity index is 1.30. The van der Waals surface area contributed by atoms with Gasteiger partial charge in [0.1, 0.15) is 10.7 Å². The van der Waals surface area contributed by atoms with E-state index in [4.69, 9.17) is 0 Å². The van der Waals surface area contributed by atoms with E-state index in [0.717, 1.165) is 54.6 Å². The van der Waals surface area contributed by atoms with Crippen LogP contribution >= 0.6 is 11.3 Å². The molecule has 152 valence electrons. The van der Waals surface area contributed by atoms with Crippen LogP contribution in [0.25, 0.3) is 10.7 Å². The van der Waals surface area contributed by atoms with Gasteiger partial charge in [-0.1, -0.05) is 6.07 Å². The topological polar surface area (TPSA) is 86.2 Å². The van der Waals surface area contributed by atoms with Crippen molar-refractivity contribution in [3.05, 3.63) is 48.1 Å². The highest BCUT2D eigenvalue weighted by molar-refractivity contribution is 7.13. The predicted octanol–water partition coefficient (Wildman–Crippen LogP) is 3.60. The molecule has 0 spiro atoms. The van der Waals surface area contributed by atoms with Crippen molar-refractivity contribution in [3.63, 3.8) is 0 Å². The van der Waals surface area contributed by atoms with E-state index in [2.05, 4.69) is 42.6 Å². The Kier molecular flexibility index (Phi) is 6.66. The number of aliphatic hydroxyl groups is 1. The third-order valence-corrected chi connectivity index (χ3v) is 5.88. The maximum absolute atomic E-state index is 9.42. The van der Waals surface area contributed by atoms with Gasteiger partial charge in [0.25, 0.3) is 0 Å². The van der Waals surface area contributed by atoms with Crippen LogP contribution in [0, 0.1) is 0 Å². The minimum atomic E-state index is 0.271. The number of thiazole rings is 1. The molecule has 29 heavy (non-hydrogen) atoms. The molecule has 7 nitrogen and oxygen atoms in total. The van der Waals surface area contributed by atoms with Crippen LogP contribution in [0.15, 0.2) is 48.1 Å². The lowest BCUT2D eigenvalue weighted by Gasteiger charge is -2.22. The minimum Gasteiger partial charge on any atom is -0.395 e. The molecule has 1 atom stereocenters. The average molecular weight is 411 g/mol. The summed E-state index contributed by atoms with van der Waals surface area (Å²) < 4.78 is 0. The first-order valence-electron chi connectivity index (χ1n) is 10.0. The van der Waals surface area contributed by atoms with E-state index in [1.165, 1.54) is 6.42 Å². The summed E-state index contributed by atoms with van der Waals surface area (Å²) >= 11 is 1.56. The second-order valence-corrected chi connectivity index (χ2v) is 8.00. The largest absolute Gasteiger partial charge is 0.395 e. The van der Waals surface area contributed by atoms with Gasteiger partial charge >= 0.3 is 0 Å². The predicted molar refractivity (Wildman–Crippen MR) is 118 cm³/mol. The molecule has 0 saturated carbocycles. The van der Waals surface area contributed by atoms with Gasteiger partial charge in [-0.05, 0) is 50.1 Å². The standard InChI is InChI=1S/C21H26N6OS/c28-15-18-6-2-11-27(18)12-3-8-22-16-4-1-5-17(14-16)25-21-24-9-7-19(26-21)20-23-10-13-29-20/h1,4-5,7,9-10,13-14,18,22,28H,2-3,6,8,11-12,15H2,(H,24,25,26). The molecule has 0 bridgehead atoms. The van der Waals surface area contributed by atoms with E-state index in [1.807, 2.05) is 23.6 Å². The van der Waals surface area contributed by atoms with Crippen molar-refractivity contribution < 1.29 is 5.11 Å². The normalized spacial score (nSPS) is 16.8. The van der Waals surface area contributed by atoms with Crippen LogP contribution < -0.4 is 10.6 Å². The summed E-state index contributed by atoms with van der Waals surface area (Å²) in [5.41, 5.74) is 2.81. The van der Waals surface area contributed by atoms with E-state index in [1.54, 1.807) is 23.7 Å². The van der Waals surface area contributed by atoms with Gasteiger partial charge in [-0.3, -0.25) is 4.90 Å². The third kappa shape index (κ3) is 5.29. The van der Waals surface area contributed by atoms with E-state index in [0.29, 0.717) is 12.0 Å². The zero-order valence-corrected chi connectivity index (χ0v) is 17.1. The Labute approximate surface area is 174 Å². The van der Waals surface area contributed by atoms with Crippen molar-refractivity contribution in [2.24, 2.45) is 0 Å². The van der Waals surface area contributed by atoms with Crippen LogP contribution in [0.5, 0.6) is 0 Å². The molecule has 1 aliphatic heterocycles. The molecule has 1 aromatic carbocycles. The number of anilines is 3.